The van der Waals surface area contributed by atoms with E-state index in [1.807, 2.05) is 24.5 Å². The monoisotopic (exact) mass is 436 g/mol. The summed E-state index contributed by atoms with van der Waals surface area (Å²) in [6, 6.07) is 9.89. The number of fused-ring (bicyclic) bond motifs is 2. The fourth-order valence-corrected chi connectivity index (χ4v) is 4.94. The molecule has 0 atom stereocenters. The summed E-state index contributed by atoms with van der Waals surface area (Å²) in [5, 5.41) is 2.01. The molecule has 0 unspecified atom stereocenters. The second-order valence-electron chi connectivity index (χ2n) is 8.90. The molecule has 4 nitrogen and oxygen atoms in total. The molecule has 168 valence electrons. The van der Waals surface area contributed by atoms with Crippen molar-refractivity contribution < 1.29 is 8.78 Å². The van der Waals surface area contributed by atoms with Crippen LogP contribution in [0.2, 0.25) is 0 Å². The Kier molecular flexibility index (Phi) is 6.23. The van der Waals surface area contributed by atoms with Gasteiger partial charge >= 0.3 is 0 Å². The van der Waals surface area contributed by atoms with Crippen LogP contribution >= 0.6 is 0 Å². The normalized spacial score (nSPS) is 15.8. The summed E-state index contributed by atoms with van der Waals surface area (Å²) in [5.41, 5.74) is 4.42. The first-order valence-corrected chi connectivity index (χ1v) is 11.6. The van der Waals surface area contributed by atoms with Crippen molar-refractivity contribution in [2.75, 3.05) is 39.3 Å². The molecule has 2 N–H and O–H groups in total. The molecule has 32 heavy (non-hydrogen) atoms. The van der Waals surface area contributed by atoms with Crippen molar-refractivity contribution in [2.45, 2.75) is 25.7 Å². The van der Waals surface area contributed by atoms with Gasteiger partial charge in [-0.25, -0.2) is 8.78 Å². The van der Waals surface area contributed by atoms with Crippen molar-refractivity contribution in [2.24, 2.45) is 0 Å². The molecule has 2 aromatic heterocycles. The predicted molar refractivity (Wildman–Crippen MR) is 126 cm³/mol. The molecule has 1 saturated heterocycles. The van der Waals surface area contributed by atoms with Gasteiger partial charge in [0.2, 0.25) is 0 Å². The summed E-state index contributed by atoms with van der Waals surface area (Å²) < 4.78 is 27.1. The average molecular weight is 437 g/mol. The zero-order valence-corrected chi connectivity index (χ0v) is 18.3. The van der Waals surface area contributed by atoms with Crippen LogP contribution in [0.15, 0.2) is 48.8 Å². The van der Waals surface area contributed by atoms with Gasteiger partial charge in [0.25, 0.3) is 0 Å². The maximum Gasteiger partial charge on any atom is 0.123 e. The Morgan fingerprint density at radius 3 is 1.53 bits per heavy atom. The second kappa shape index (κ2) is 9.43. The maximum atomic E-state index is 13.6. The molecule has 1 aliphatic heterocycles. The number of nitrogens with one attached hydrogen (secondary N) is 2. The van der Waals surface area contributed by atoms with E-state index in [4.69, 9.17) is 0 Å². The molecule has 0 radical (unpaired) electrons. The van der Waals surface area contributed by atoms with Gasteiger partial charge in [0.1, 0.15) is 11.6 Å². The smallest absolute Gasteiger partial charge is 0.123 e. The Bertz CT molecular complexity index is 1090. The van der Waals surface area contributed by atoms with E-state index in [-0.39, 0.29) is 11.6 Å². The molecule has 3 heterocycles. The summed E-state index contributed by atoms with van der Waals surface area (Å²) in [5.74, 6) is -0.349. The van der Waals surface area contributed by atoms with E-state index in [0.29, 0.717) is 0 Å². The lowest BCUT2D eigenvalue weighted by Crippen LogP contribution is -2.46. The third kappa shape index (κ3) is 4.71. The lowest BCUT2D eigenvalue weighted by Gasteiger charge is -2.34. The first-order valence-electron chi connectivity index (χ1n) is 11.6. The molecule has 1 fully saturated rings. The molecule has 4 aromatic rings. The van der Waals surface area contributed by atoms with Crippen molar-refractivity contribution in [3.63, 3.8) is 0 Å². The fraction of sp³-hybridized carbons (Fsp3) is 0.385. The predicted octanol–water partition coefficient (Wildman–Crippen LogP) is 5.11. The van der Waals surface area contributed by atoms with E-state index in [1.54, 1.807) is 12.1 Å². The van der Waals surface area contributed by atoms with Crippen LogP contribution in [0.5, 0.6) is 0 Å². The molecule has 2 aromatic carbocycles. The van der Waals surface area contributed by atoms with Crippen LogP contribution in [0.4, 0.5) is 8.78 Å². The highest BCUT2D eigenvalue weighted by Gasteiger charge is 2.16. The number of H-pyrrole nitrogens is 2. The van der Waals surface area contributed by atoms with E-state index in [9.17, 15) is 8.78 Å². The lowest BCUT2D eigenvalue weighted by molar-refractivity contribution is 0.130. The first-order chi connectivity index (χ1) is 15.7. The van der Waals surface area contributed by atoms with E-state index in [0.717, 1.165) is 86.8 Å². The van der Waals surface area contributed by atoms with Crippen LogP contribution in [-0.2, 0) is 12.8 Å². The van der Waals surface area contributed by atoms with Gasteiger partial charge in [0.15, 0.2) is 0 Å². The first kappa shape index (κ1) is 21.2. The fourth-order valence-electron chi connectivity index (χ4n) is 4.94. The van der Waals surface area contributed by atoms with Crippen molar-refractivity contribution in [1.29, 1.82) is 0 Å². The number of aryl methyl sites for hydroxylation is 2. The number of benzene rings is 2. The van der Waals surface area contributed by atoms with Gasteiger partial charge in [-0.05, 0) is 86.3 Å². The van der Waals surface area contributed by atoms with Crippen molar-refractivity contribution in [1.82, 2.24) is 19.8 Å². The number of aromatic amines is 2. The molecule has 0 amide bonds. The third-order valence-electron chi connectivity index (χ3n) is 6.76. The number of nitrogens with zero attached hydrogens (tertiary/aromatic N) is 2. The summed E-state index contributed by atoms with van der Waals surface area (Å²) in [6.07, 6.45) is 8.14. The summed E-state index contributed by atoms with van der Waals surface area (Å²) in [4.78, 5) is 11.6. The summed E-state index contributed by atoms with van der Waals surface area (Å²) in [7, 11) is 0. The molecule has 1 aliphatic rings. The van der Waals surface area contributed by atoms with E-state index >= 15 is 0 Å². The average Bonchev–Trinajstić information content (AvgIpc) is 3.38. The third-order valence-corrected chi connectivity index (χ3v) is 6.76. The van der Waals surface area contributed by atoms with Crippen LogP contribution < -0.4 is 0 Å². The minimum absolute atomic E-state index is 0.175. The van der Waals surface area contributed by atoms with E-state index < -0.39 is 0 Å². The van der Waals surface area contributed by atoms with Gasteiger partial charge < -0.3 is 19.8 Å². The molecule has 5 rings (SSSR count). The number of aromatic nitrogens is 2. The molecule has 0 bridgehead atoms. The highest BCUT2D eigenvalue weighted by molar-refractivity contribution is 5.83. The van der Waals surface area contributed by atoms with E-state index in [1.165, 1.54) is 23.3 Å². The highest BCUT2D eigenvalue weighted by Crippen LogP contribution is 2.22. The molecule has 0 spiro atoms. The van der Waals surface area contributed by atoms with Gasteiger partial charge in [-0.3, -0.25) is 0 Å². The van der Waals surface area contributed by atoms with Gasteiger partial charge in [0.05, 0.1) is 0 Å². The second-order valence-corrected chi connectivity index (χ2v) is 8.90. The van der Waals surface area contributed by atoms with Crippen molar-refractivity contribution in [3.8, 4) is 0 Å². The molecule has 0 aliphatic carbocycles. The number of rotatable bonds is 8. The van der Waals surface area contributed by atoms with Crippen LogP contribution in [0.25, 0.3) is 21.8 Å². The minimum atomic E-state index is -0.175. The lowest BCUT2D eigenvalue weighted by atomic mass is 10.1. The van der Waals surface area contributed by atoms with Crippen LogP contribution in [0, 0.1) is 11.6 Å². The summed E-state index contributed by atoms with van der Waals surface area (Å²) in [6.45, 7) is 6.55. The van der Waals surface area contributed by atoms with Crippen LogP contribution in [0.3, 0.4) is 0 Å². The Morgan fingerprint density at radius 1 is 0.656 bits per heavy atom. The number of piperazine rings is 1. The van der Waals surface area contributed by atoms with Crippen molar-refractivity contribution >= 4 is 21.8 Å². The molecule has 6 heteroatoms. The quantitative estimate of drug-likeness (QED) is 0.403. The van der Waals surface area contributed by atoms with Gasteiger partial charge in [-0.1, -0.05) is 0 Å². The Balaban J connectivity index is 1.03. The Labute approximate surface area is 187 Å². The molecular weight excluding hydrogens is 406 g/mol. The Morgan fingerprint density at radius 2 is 1.09 bits per heavy atom. The zero-order valence-electron chi connectivity index (χ0n) is 18.3. The van der Waals surface area contributed by atoms with E-state index in [2.05, 4.69) is 19.8 Å². The largest absolute Gasteiger partial charge is 0.361 e. The topological polar surface area (TPSA) is 38.1 Å². The minimum Gasteiger partial charge on any atom is -0.361 e. The standard InChI is InChI=1S/C26H30F2N4/c27-21-5-7-25-23(15-21)19(17-29-25)3-1-9-31-11-13-32(14-12-31)10-2-4-20-18-30-26-8-6-22(28)16-24(20)26/h5-8,15-18,29-30H,1-4,9-14H2. The molecule has 0 saturated carbocycles. The number of halogens is 2. The zero-order chi connectivity index (χ0) is 21.9. The van der Waals surface area contributed by atoms with Gasteiger partial charge in [-0.15, -0.1) is 0 Å². The van der Waals surface area contributed by atoms with Crippen molar-refractivity contribution in [3.05, 3.63) is 71.6 Å². The highest BCUT2D eigenvalue weighted by atomic mass is 19.1. The van der Waals surface area contributed by atoms with Gasteiger partial charge in [-0.2, -0.15) is 0 Å². The SMILES string of the molecule is Fc1ccc2[nH]cc(CCCN3CCN(CCCc4c[nH]c5ccc(F)cc45)CC3)c2c1. The van der Waals surface area contributed by atoms with Gasteiger partial charge in [0, 0.05) is 60.4 Å². The van der Waals surface area contributed by atoms with Crippen LogP contribution in [0.1, 0.15) is 24.0 Å². The number of hydrogen-bond donors (Lipinski definition) is 2. The Hall–Kier alpha value is -2.70. The maximum absolute atomic E-state index is 13.6. The summed E-state index contributed by atoms with van der Waals surface area (Å²) >= 11 is 0. The van der Waals surface area contributed by atoms with Crippen LogP contribution in [-0.4, -0.2) is 59.0 Å². The molecular formula is C26H30F2N4. The number of hydrogen-bond acceptors (Lipinski definition) is 2.